The van der Waals surface area contributed by atoms with Crippen molar-refractivity contribution in [3.05, 3.63) is 59.7 Å². The van der Waals surface area contributed by atoms with Crippen LogP contribution < -0.4 is 5.32 Å². The molecule has 148 valence electrons. The normalized spacial score (nSPS) is 14.1. The minimum atomic E-state index is -1.06. The molecule has 0 bridgehead atoms. The lowest BCUT2D eigenvalue weighted by atomic mass is 9.98. The van der Waals surface area contributed by atoms with Gasteiger partial charge in [0.2, 0.25) is 0 Å². The van der Waals surface area contributed by atoms with Crippen molar-refractivity contribution in [2.24, 2.45) is 0 Å². The second-order valence-corrected chi connectivity index (χ2v) is 9.63. The maximum absolute atomic E-state index is 12.3. The second-order valence-electron chi connectivity index (χ2n) is 7.78. The molecule has 0 aromatic heterocycles. The van der Waals surface area contributed by atoms with E-state index in [9.17, 15) is 14.7 Å². The Hall–Kier alpha value is -2.47. The Morgan fingerprint density at radius 3 is 2.11 bits per heavy atom. The summed E-state index contributed by atoms with van der Waals surface area (Å²) < 4.78 is 5.34. The molecule has 0 heterocycles. The van der Waals surface area contributed by atoms with Crippen LogP contribution in [0.5, 0.6) is 0 Å². The number of carbonyl (C=O) groups excluding carboxylic acids is 1. The van der Waals surface area contributed by atoms with Crippen LogP contribution in [0, 0.1) is 0 Å². The van der Waals surface area contributed by atoms with Gasteiger partial charge in [-0.05, 0) is 22.3 Å². The van der Waals surface area contributed by atoms with Gasteiger partial charge < -0.3 is 15.2 Å². The number of aliphatic carboxylic acids is 1. The molecule has 1 aliphatic rings. The fraction of sp³-hybridized carbons (Fsp3) is 0.364. The molecule has 2 aromatic rings. The third-order valence-corrected chi connectivity index (χ3v) is 5.98. The Balaban J connectivity index is 1.65. The third kappa shape index (κ3) is 4.68. The number of ether oxygens (including phenoxy) is 1. The lowest BCUT2D eigenvalue weighted by molar-refractivity contribution is -0.138. The summed E-state index contributed by atoms with van der Waals surface area (Å²) in [5.41, 5.74) is 4.54. The molecule has 5 nitrogen and oxygen atoms in total. The number of carboxylic acids is 1. The van der Waals surface area contributed by atoms with E-state index in [-0.39, 0.29) is 23.0 Å². The number of alkyl carbamates (subject to hydrolysis) is 1. The standard InChI is InChI=1S/C22H25NO4S/c1-22(2,3)28-13-19(20(24)25)23-21(26)27-12-18-16-10-6-4-8-14(16)15-9-5-7-11-17(15)18/h4-11,18-19H,12-13H2,1-3H3,(H,23,26)(H,24,25). The molecule has 6 heteroatoms. The summed E-state index contributed by atoms with van der Waals surface area (Å²) in [7, 11) is 0. The Labute approximate surface area is 169 Å². The highest BCUT2D eigenvalue weighted by molar-refractivity contribution is 8.00. The van der Waals surface area contributed by atoms with Crippen molar-refractivity contribution in [2.45, 2.75) is 37.5 Å². The molecule has 3 rings (SSSR count). The number of nitrogens with one attached hydrogen (secondary N) is 1. The van der Waals surface area contributed by atoms with Gasteiger partial charge in [-0.15, -0.1) is 0 Å². The molecule has 0 saturated carbocycles. The van der Waals surface area contributed by atoms with Crippen molar-refractivity contribution in [1.82, 2.24) is 5.32 Å². The molecule has 0 radical (unpaired) electrons. The Kier molecular flexibility index (Phi) is 5.98. The van der Waals surface area contributed by atoms with Crippen LogP contribution in [0.2, 0.25) is 0 Å². The zero-order valence-electron chi connectivity index (χ0n) is 16.3. The van der Waals surface area contributed by atoms with Crippen LogP contribution in [0.4, 0.5) is 4.79 Å². The van der Waals surface area contributed by atoms with Gasteiger partial charge in [0.25, 0.3) is 0 Å². The smallest absolute Gasteiger partial charge is 0.407 e. The molecule has 1 unspecified atom stereocenters. The van der Waals surface area contributed by atoms with Gasteiger partial charge in [0.15, 0.2) is 0 Å². The van der Waals surface area contributed by atoms with Gasteiger partial charge in [0.05, 0.1) is 0 Å². The van der Waals surface area contributed by atoms with Crippen molar-refractivity contribution in [3.63, 3.8) is 0 Å². The monoisotopic (exact) mass is 399 g/mol. The first kappa shape index (κ1) is 20.3. The molecular weight excluding hydrogens is 374 g/mol. The SMILES string of the molecule is CC(C)(C)SCC(NC(=O)OCC1c2ccccc2-c2ccccc21)C(=O)O. The Morgan fingerprint density at radius 1 is 1.07 bits per heavy atom. The Morgan fingerprint density at radius 2 is 1.61 bits per heavy atom. The molecule has 1 atom stereocenters. The van der Waals surface area contributed by atoms with E-state index < -0.39 is 18.1 Å². The number of carboxylic acid groups (broad SMARTS) is 1. The van der Waals surface area contributed by atoms with Gasteiger partial charge >= 0.3 is 12.1 Å². The van der Waals surface area contributed by atoms with E-state index in [1.165, 1.54) is 11.8 Å². The van der Waals surface area contributed by atoms with Gasteiger partial charge in [0, 0.05) is 16.4 Å². The van der Waals surface area contributed by atoms with Crippen molar-refractivity contribution < 1.29 is 19.4 Å². The fourth-order valence-electron chi connectivity index (χ4n) is 3.29. The molecule has 1 aliphatic carbocycles. The Bertz CT molecular complexity index is 829. The molecule has 0 spiro atoms. The molecule has 1 amide bonds. The topological polar surface area (TPSA) is 75.6 Å². The zero-order chi connectivity index (χ0) is 20.3. The van der Waals surface area contributed by atoms with Crippen molar-refractivity contribution in [1.29, 1.82) is 0 Å². The van der Waals surface area contributed by atoms with E-state index in [4.69, 9.17) is 4.74 Å². The van der Waals surface area contributed by atoms with Gasteiger partial charge in [-0.25, -0.2) is 9.59 Å². The van der Waals surface area contributed by atoms with Crippen LogP contribution in [0.15, 0.2) is 48.5 Å². The third-order valence-electron chi connectivity index (χ3n) is 4.62. The van der Waals surface area contributed by atoms with Crippen molar-refractivity contribution in [2.75, 3.05) is 12.4 Å². The summed E-state index contributed by atoms with van der Waals surface area (Å²) >= 11 is 1.49. The average molecular weight is 400 g/mol. The van der Waals surface area contributed by atoms with Crippen LogP contribution in [-0.2, 0) is 9.53 Å². The van der Waals surface area contributed by atoms with Crippen LogP contribution in [0.1, 0.15) is 37.8 Å². The zero-order valence-corrected chi connectivity index (χ0v) is 17.1. The maximum atomic E-state index is 12.3. The number of hydrogen-bond donors (Lipinski definition) is 2. The van der Waals surface area contributed by atoms with Crippen LogP contribution in [-0.4, -0.2) is 40.3 Å². The predicted molar refractivity (Wildman–Crippen MR) is 112 cm³/mol. The molecular formula is C22H25NO4S. The molecule has 2 aromatic carbocycles. The number of thioether (sulfide) groups is 1. The minimum absolute atomic E-state index is 0.0506. The highest BCUT2D eigenvalue weighted by atomic mass is 32.2. The number of hydrogen-bond acceptors (Lipinski definition) is 4. The van der Waals surface area contributed by atoms with E-state index in [0.29, 0.717) is 0 Å². The quantitative estimate of drug-likeness (QED) is 0.747. The summed E-state index contributed by atoms with van der Waals surface area (Å²) in [5.74, 6) is -0.834. The van der Waals surface area contributed by atoms with Gasteiger partial charge in [-0.1, -0.05) is 69.3 Å². The first-order valence-corrected chi connectivity index (χ1v) is 10.2. The highest BCUT2D eigenvalue weighted by Gasteiger charge is 2.30. The number of carbonyl (C=O) groups is 2. The van der Waals surface area contributed by atoms with E-state index in [1.807, 2.05) is 57.2 Å². The van der Waals surface area contributed by atoms with Crippen molar-refractivity contribution in [3.8, 4) is 11.1 Å². The summed E-state index contributed by atoms with van der Waals surface area (Å²) in [4.78, 5) is 23.7. The lowest BCUT2D eigenvalue weighted by Gasteiger charge is -2.21. The molecule has 0 fully saturated rings. The maximum Gasteiger partial charge on any atom is 0.407 e. The molecule has 2 N–H and O–H groups in total. The van der Waals surface area contributed by atoms with Crippen LogP contribution in [0.25, 0.3) is 11.1 Å². The summed E-state index contributed by atoms with van der Waals surface area (Å²) in [5, 5.41) is 11.9. The highest BCUT2D eigenvalue weighted by Crippen LogP contribution is 2.44. The first-order chi connectivity index (χ1) is 13.3. The fourth-order valence-corrected chi connectivity index (χ4v) is 4.18. The number of amides is 1. The second kappa shape index (κ2) is 8.27. The number of rotatable bonds is 6. The van der Waals surface area contributed by atoms with Gasteiger partial charge in [0.1, 0.15) is 12.6 Å². The number of benzene rings is 2. The van der Waals surface area contributed by atoms with E-state index in [2.05, 4.69) is 17.4 Å². The summed E-state index contributed by atoms with van der Waals surface area (Å²) in [6.45, 7) is 6.18. The van der Waals surface area contributed by atoms with Gasteiger partial charge in [-0.2, -0.15) is 11.8 Å². The summed E-state index contributed by atoms with van der Waals surface area (Å²) in [6.07, 6.45) is -0.705. The van der Waals surface area contributed by atoms with Crippen molar-refractivity contribution >= 4 is 23.8 Å². The molecule has 28 heavy (non-hydrogen) atoms. The van der Waals surface area contributed by atoms with E-state index in [1.54, 1.807) is 0 Å². The van der Waals surface area contributed by atoms with Crippen LogP contribution >= 0.6 is 11.8 Å². The predicted octanol–water partition coefficient (Wildman–Crippen LogP) is 4.51. The van der Waals surface area contributed by atoms with Gasteiger partial charge in [-0.3, -0.25) is 0 Å². The van der Waals surface area contributed by atoms with Crippen LogP contribution in [0.3, 0.4) is 0 Å². The average Bonchev–Trinajstić information content (AvgIpc) is 2.96. The minimum Gasteiger partial charge on any atom is -0.480 e. The number of fused-ring (bicyclic) bond motifs is 3. The summed E-state index contributed by atoms with van der Waals surface area (Å²) in [6, 6.07) is 15.2. The lowest BCUT2D eigenvalue weighted by Crippen LogP contribution is -2.43. The van der Waals surface area contributed by atoms with E-state index in [0.717, 1.165) is 22.3 Å². The molecule has 0 saturated heterocycles. The largest absolute Gasteiger partial charge is 0.480 e. The first-order valence-electron chi connectivity index (χ1n) is 9.24. The molecule has 0 aliphatic heterocycles. The van der Waals surface area contributed by atoms with E-state index >= 15 is 0 Å².